The fraction of sp³-hybridized carbons (Fsp3) is 0.467. The summed E-state index contributed by atoms with van der Waals surface area (Å²) in [5, 5.41) is 9.08. The Morgan fingerprint density at radius 3 is 2.81 bits per heavy atom. The molecule has 1 aliphatic rings. The summed E-state index contributed by atoms with van der Waals surface area (Å²) in [5.41, 5.74) is 0.210. The number of aromatic nitrogens is 2. The predicted octanol–water partition coefficient (Wildman–Crippen LogP) is 1.11. The Bertz CT molecular complexity index is 749. The first-order valence-electron chi connectivity index (χ1n) is 7.34. The van der Waals surface area contributed by atoms with Crippen molar-refractivity contribution in [2.75, 3.05) is 25.5 Å². The van der Waals surface area contributed by atoms with Crippen molar-refractivity contribution in [1.82, 2.24) is 15.1 Å². The zero-order valence-corrected chi connectivity index (χ0v) is 12.1. The fourth-order valence-electron chi connectivity index (χ4n) is 2.95. The molecule has 0 saturated carbocycles. The molecule has 3 rings (SSSR count). The number of likely N-dealkylation sites (tertiary alicyclic amines) is 1. The Hall–Kier alpha value is -2.08. The van der Waals surface area contributed by atoms with E-state index in [0.717, 1.165) is 38.0 Å². The van der Waals surface area contributed by atoms with E-state index < -0.39 is 0 Å². The molecule has 0 radical (unpaired) electrons. The van der Waals surface area contributed by atoms with E-state index in [1.165, 1.54) is 0 Å². The fourth-order valence-corrected chi connectivity index (χ4v) is 2.95. The maximum absolute atomic E-state index is 12.0. The Morgan fingerprint density at radius 2 is 1.95 bits per heavy atom. The van der Waals surface area contributed by atoms with Crippen molar-refractivity contribution >= 4 is 16.5 Å². The van der Waals surface area contributed by atoms with Crippen molar-refractivity contribution in [3.8, 4) is 0 Å². The highest BCUT2D eigenvalue weighted by atomic mass is 16.1. The molecule has 6 nitrogen and oxygen atoms in total. The molecule has 112 valence electrons. The molecule has 1 aliphatic heterocycles. The summed E-state index contributed by atoms with van der Waals surface area (Å²) >= 11 is 0. The number of nitrogens with zero attached hydrogens (tertiary/aromatic N) is 1. The normalized spacial score (nSPS) is 20.3. The molecule has 2 heterocycles. The number of hydrogen-bond acceptors (Lipinski definition) is 4. The van der Waals surface area contributed by atoms with E-state index in [1.807, 2.05) is 12.1 Å². The van der Waals surface area contributed by atoms with E-state index in [-0.39, 0.29) is 11.1 Å². The second-order valence-corrected chi connectivity index (χ2v) is 5.71. The highest BCUT2D eigenvalue weighted by molar-refractivity contribution is 5.92. The lowest BCUT2D eigenvalue weighted by atomic mass is 10.1. The minimum atomic E-state index is -0.270. The first-order valence-corrected chi connectivity index (χ1v) is 7.34. The van der Waals surface area contributed by atoms with Crippen LogP contribution in [0.3, 0.4) is 0 Å². The zero-order valence-electron chi connectivity index (χ0n) is 12.1. The number of rotatable bonds is 2. The molecule has 1 saturated heterocycles. The minimum absolute atomic E-state index is 0.265. The van der Waals surface area contributed by atoms with Crippen LogP contribution >= 0.6 is 0 Å². The summed E-state index contributed by atoms with van der Waals surface area (Å²) in [5.74, 6) is 0. The van der Waals surface area contributed by atoms with Gasteiger partial charge in [0.2, 0.25) is 0 Å². The van der Waals surface area contributed by atoms with Crippen molar-refractivity contribution in [3.63, 3.8) is 0 Å². The van der Waals surface area contributed by atoms with Gasteiger partial charge in [0, 0.05) is 11.7 Å². The molecule has 21 heavy (non-hydrogen) atoms. The van der Waals surface area contributed by atoms with E-state index in [4.69, 9.17) is 0 Å². The van der Waals surface area contributed by atoms with Crippen LogP contribution in [0.2, 0.25) is 0 Å². The summed E-state index contributed by atoms with van der Waals surface area (Å²) < 4.78 is 0. The van der Waals surface area contributed by atoms with Crippen LogP contribution in [0.25, 0.3) is 10.8 Å². The number of aromatic amines is 2. The number of H-pyrrole nitrogens is 2. The Balaban J connectivity index is 1.96. The molecule has 3 N–H and O–H groups in total. The highest BCUT2D eigenvalue weighted by Crippen LogP contribution is 2.21. The number of anilines is 1. The van der Waals surface area contributed by atoms with Crippen LogP contribution in [0.1, 0.15) is 19.3 Å². The van der Waals surface area contributed by atoms with Crippen LogP contribution in [-0.4, -0.2) is 41.3 Å². The molecule has 0 aliphatic carbocycles. The van der Waals surface area contributed by atoms with Gasteiger partial charge in [-0.15, -0.1) is 0 Å². The lowest BCUT2D eigenvalue weighted by Gasteiger charge is -2.19. The van der Waals surface area contributed by atoms with Gasteiger partial charge in [0.1, 0.15) is 0 Å². The van der Waals surface area contributed by atoms with E-state index in [1.54, 1.807) is 6.07 Å². The number of fused-ring (bicyclic) bond motifs is 1. The summed E-state index contributed by atoms with van der Waals surface area (Å²) in [7, 11) is 2.13. The number of nitrogens with one attached hydrogen (secondary N) is 3. The topological polar surface area (TPSA) is 81.0 Å². The molecular weight excluding hydrogens is 268 g/mol. The van der Waals surface area contributed by atoms with Gasteiger partial charge in [0.25, 0.3) is 11.1 Å². The second kappa shape index (κ2) is 5.73. The molecular formula is C15H20N4O2. The number of hydrogen-bond donors (Lipinski definition) is 3. The number of benzene rings is 1. The van der Waals surface area contributed by atoms with Gasteiger partial charge in [-0.05, 0) is 51.5 Å². The molecule has 1 atom stereocenters. The quantitative estimate of drug-likeness (QED) is 0.773. The summed E-state index contributed by atoms with van der Waals surface area (Å²) in [6.45, 7) is 2.15. The first-order chi connectivity index (χ1) is 10.1. The lowest BCUT2D eigenvalue weighted by molar-refractivity contribution is 0.348. The monoisotopic (exact) mass is 288 g/mol. The van der Waals surface area contributed by atoms with Gasteiger partial charge in [-0.2, -0.15) is 0 Å². The maximum Gasteiger partial charge on any atom is 0.272 e. The molecule has 1 aromatic heterocycles. The molecule has 0 bridgehead atoms. The average molecular weight is 288 g/mol. The largest absolute Gasteiger partial charge is 0.382 e. The van der Waals surface area contributed by atoms with E-state index in [2.05, 4.69) is 27.5 Å². The Labute approximate surface area is 122 Å². The smallest absolute Gasteiger partial charge is 0.272 e. The highest BCUT2D eigenvalue weighted by Gasteiger charge is 2.16. The van der Waals surface area contributed by atoms with Gasteiger partial charge in [-0.25, -0.2) is 0 Å². The van der Waals surface area contributed by atoms with Crippen molar-refractivity contribution in [2.24, 2.45) is 0 Å². The van der Waals surface area contributed by atoms with Crippen LogP contribution in [0.4, 0.5) is 5.69 Å². The van der Waals surface area contributed by atoms with Crippen LogP contribution in [-0.2, 0) is 0 Å². The van der Waals surface area contributed by atoms with E-state index in [9.17, 15) is 9.59 Å². The third-order valence-electron chi connectivity index (χ3n) is 4.14. The predicted molar refractivity (Wildman–Crippen MR) is 83.9 cm³/mol. The summed E-state index contributed by atoms with van der Waals surface area (Å²) in [6.07, 6.45) is 3.24. The SMILES string of the molecule is CN1CCCC(Nc2cccc3c(=O)[nH][nH]c(=O)c23)CC1. The van der Waals surface area contributed by atoms with Crippen LogP contribution < -0.4 is 16.4 Å². The minimum Gasteiger partial charge on any atom is -0.382 e. The molecule has 2 aromatic rings. The maximum atomic E-state index is 12.0. The van der Waals surface area contributed by atoms with Crippen molar-refractivity contribution in [2.45, 2.75) is 25.3 Å². The van der Waals surface area contributed by atoms with Gasteiger partial charge in [0.05, 0.1) is 10.8 Å². The summed E-state index contributed by atoms with van der Waals surface area (Å²) in [4.78, 5) is 26.2. The molecule has 1 aromatic carbocycles. The summed E-state index contributed by atoms with van der Waals surface area (Å²) in [6, 6.07) is 5.68. The molecule has 6 heteroatoms. The Morgan fingerprint density at radius 1 is 1.14 bits per heavy atom. The van der Waals surface area contributed by atoms with Gasteiger partial charge in [0.15, 0.2) is 0 Å². The van der Waals surface area contributed by atoms with E-state index >= 15 is 0 Å². The van der Waals surface area contributed by atoms with Crippen LogP contribution in [0, 0.1) is 0 Å². The van der Waals surface area contributed by atoms with Crippen LogP contribution in [0.15, 0.2) is 27.8 Å². The van der Waals surface area contributed by atoms with Gasteiger partial charge in [-0.3, -0.25) is 19.8 Å². The standard InChI is InChI=1S/C15H20N4O2/c1-19-8-3-4-10(7-9-19)16-12-6-2-5-11-13(12)15(21)18-17-14(11)20/h2,5-6,10,16H,3-4,7-9H2,1H3,(H,17,20)(H,18,21). The molecule has 0 spiro atoms. The van der Waals surface area contributed by atoms with Gasteiger partial charge >= 0.3 is 0 Å². The van der Waals surface area contributed by atoms with E-state index in [0.29, 0.717) is 16.8 Å². The molecule has 1 unspecified atom stereocenters. The van der Waals surface area contributed by atoms with Crippen molar-refractivity contribution in [3.05, 3.63) is 38.9 Å². The molecule has 1 fully saturated rings. The van der Waals surface area contributed by atoms with Crippen molar-refractivity contribution < 1.29 is 0 Å². The lowest BCUT2D eigenvalue weighted by Crippen LogP contribution is -2.25. The van der Waals surface area contributed by atoms with Gasteiger partial charge < -0.3 is 10.2 Å². The Kier molecular flexibility index (Phi) is 3.79. The van der Waals surface area contributed by atoms with Gasteiger partial charge in [-0.1, -0.05) is 6.07 Å². The van der Waals surface area contributed by atoms with Crippen LogP contribution in [0.5, 0.6) is 0 Å². The molecule has 0 amide bonds. The third-order valence-corrected chi connectivity index (χ3v) is 4.14. The first kappa shape index (κ1) is 13.9. The third kappa shape index (κ3) is 2.85. The second-order valence-electron chi connectivity index (χ2n) is 5.71. The zero-order chi connectivity index (χ0) is 14.8. The van der Waals surface area contributed by atoms with Crippen molar-refractivity contribution in [1.29, 1.82) is 0 Å². The average Bonchev–Trinajstić information content (AvgIpc) is 2.68.